The number of benzene rings is 1. The van der Waals surface area contributed by atoms with Crippen LogP contribution < -0.4 is 0 Å². The van der Waals surface area contributed by atoms with E-state index in [4.69, 9.17) is 16.7 Å². The first-order chi connectivity index (χ1) is 9.02. The van der Waals surface area contributed by atoms with Gasteiger partial charge in [0.05, 0.1) is 12.8 Å². The molecule has 5 nitrogen and oxygen atoms in total. The van der Waals surface area contributed by atoms with Crippen molar-refractivity contribution in [3.05, 3.63) is 41.4 Å². The Morgan fingerprint density at radius 1 is 1.37 bits per heavy atom. The van der Waals surface area contributed by atoms with E-state index in [9.17, 15) is 9.59 Å². The van der Waals surface area contributed by atoms with Crippen molar-refractivity contribution in [3.8, 4) is 0 Å². The number of rotatable bonds is 5. The first kappa shape index (κ1) is 14.9. The average Bonchev–Trinajstić information content (AvgIpc) is 2.39. The molecule has 6 heteroatoms. The SMILES string of the molecule is COC(=O)C(C=CC(=O)O)C=Nc1ccc(Cl)cc1. The number of halogens is 1. The Bertz CT molecular complexity index is 508. The molecule has 0 heterocycles. The minimum Gasteiger partial charge on any atom is -0.478 e. The molecule has 0 aliphatic heterocycles. The molecule has 1 aromatic carbocycles. The molecule has 1 rings (SSSR count). The van der Waals surface area contributed by atoms with Gasteiger partial charge >= 0.3 is 11.9 Å². The van der Waals surface area contributed by atoms with Gasteiger partial charge in [-0.1, -0.05) is 17.7 Å². The zero-order valence-electron chi connectivity index (χ0n) is 10.1. The minimum atomic E-state index is -1.14. The van der Waals surface area contributed by atoms with E-state index in [0.29, 0.717) is 10.7 Å². The Labute approximate surface area is 115 Å². The van der Waals surface area contributed by atoms with Gasteiger partial charge in [0.1, 0.15) is 5.92 Å². The van der Waals surface area contributed by atoms with Crippen molar-refractivity contribution in [2.75, 3.05) is 7.11 Å². The van der Waals surface area contributed by atoms with Crippen molar-refractivity contribution in [2.24, 2.45) is 10.9 Å². The van der Waals surface area contributed by atoms with Crippen LogP contribution in [0.4, 0.5) is 5.69 Å². The van der Waals surface area contributed by atoms with Gasteiger partial charge in [-0.3, -0.25) is 9.79 Å². The summed E-state index contributed by atoms with van der Waals surface area (Å²) in [6.45, 7) is 0. The highest BCUT2D eigenvalue weighted by Gasteiger charge is 2.13. The number of hydrogen-bond acceptors (Lipinski definition) is 4. The fourth-order valence-corrected chi connectivity index (χ4v) is 1.33. The zero-order chi connectivity index (χ0) is 14.3. The van der Waals surface area contributed by atoms with Gasteiger partial charge in [0.15, 0.2) is 0 Å². The molecule has 0 spiro atoms. The second kappa shape index (κ2) is 7.33. The molecule has 0 bridgehead atoms. The summed E-state index contributed by atoms with van der Waals surface area (Å²) >= 11 is 5.73. The summed E-state index contributed by atoms with van der Waals surface area (Å²) < 4.78 is 4.56. The van der Waals surface area contributed by atoms with Crippen molar-refractivity contribution in [2.45, 2.75) is 0 Å². The highest BCUT2D eigenvalue weighted by atomic mass is 35.5. The van der Waals surface area contributed by atoms with Crippen LogP contribution >= 0.6 is 11.6 Å². The van der Waals surface area contributed by atoms with Gasteiger partial charge in [0, 0.05) is 17.3 Å². The number of esters is 1. The molecule has 1 atom stereocenters. The topological polar surface area (TPSA) is 76.0 Å². The number of ether oxygens (including phenoxy) is 1. The molecule has 0 amide bonds. The molecular weight excluding hydrogens is 270 g/mol. The van der Waals surface area contributed by atoms with Gasteiger partial charge in [-0.25, -0.2) is 4.79 Å². The van der Waals surface area contributed by atoms with E-state index in [1.54, 1.807) is 24.3 Å². The lowest BCUT2D eigenvalue weighted by atomic mass is 10.1. The van der Waals surface area contributed by atoms with E-state index in [1.165, 1.54) is 19.4 Å². The average molecular weight is 282 g/mol. The van der Waals surface area contributed by atoms with Crippen LogP contribution in [0.5, 0.6) is 0 Å². The first-order valence-electron chi connectivity index (χ1n) is 5.31. The molecule has 1 unspecified atom stereocenters. The lowest BCUT2D eigenvalue weighted by Gasteiger charge is -2.03. The number of carbonyl (C=O) groups excluding carboxylic acids is 1. The Morgan fingerprint density at radius 3 is 2.53 bits per heavy atom. The number of carbonyl (C=O) groups is 2. The summed E-state index contributed by atoms with van der Waals surface area (Å²) in [6.07, 6.45) is 3.39. The van der Waals surface area contributed by atoms with Crippen LogP contribution in [0, 0.1) is 5.92 Å². The van der Waals surface area contributed by atoms with Gasteiger partial charge < -0.3 is 9.84 Å². The third-order valence-electron chi connectivity index (χ3n) is 2.13. The largest absolute Gasteiger partial charge is 0.478 e. The highest BCUT2D eigenvalue weighted by Crippen LogP contribution is 2.16. The number of aliphatic carboxylic acids is 1. The Morgan fingerprint density at radius 2 is 2.00 bits per heavy atom. The van der Waals surface area contributed by atoms with E-state index in [0.717, 1.165) is 6.08 Å². The number of methoxy groups -OCH3 is 1. The number of carboxylic acids is 1. The molecule has 1 N–H and O–H groups in total. The number of carboxylic acid groups (broad SMARTS) is 1. The lowest BCUT2D eigenvalue weighted by Crippen LogP contribution is -2.15. The third kappa shape index (κ3) is 5.35. The molecule has 0 saturated carbocycles. The van der Waals surface area contributed by atoms with Gasteiger partial charge in [0.25, 0.3) is 0 Å². The molecule has 0 aromatic heterocycles. The Balaban J connectivity index is 2.84. The predicted molar refractivity (Wildman–Crippen MR) is 71.9 cm³/mol. The lowest BCUT2D eigenvalue weighted by molar-refractivity contribution is -0.141. The summed E-state index contributed by atoms with van der Waals surface area (Å²) in [5.74, 6) is -2.58. The zero-order valence-corrected chi connectivity index (χ0v) is 10.9. The normalized spacial score (nSPS) is 12.7. The van der Waals surface area contributed by atoms with Crippen LogP contribution in [-0.4, -0.2) is 30.4 Å². The Kier molecular flexibility index (Phi) is 5.75. The molecule has 1 aromatic rings. The van der Waals surface area contributed by atoms with E-state index in [2.05, 4.69) is 9.73 Å². The maximum atomic E-state index is 11.4. The smallest absolute Gasteiger partial charge is 0.328 e. The standard InChI is InChI=1S/C13H12ClNO4/c1-19-13(18)9(2-7-12(16)17)8-15-11-5-3-10(14)4-6-11/h2-9H,1H3,(H,16,17). The first-order valence-corrected chi connectivity index (χ1v) is 5.69. The van der Waals surface area contributed by atoms with Gasteiger partial charge in [-0.15, -0.1) is 0 Å². The quantitative estimate of drug-likeness (QED) is 0.511. The summed E-state index contributed by atoms with van der Waals surface area (Å²) in [5.41, 5.74) is 0.599. The van der Waals surface area contributed by atoms with Crippen molar-refractivity contribution in [3.63, 3.8) is 0 Å². The van der Waals surface area contributed by atoms with Crippen LogP contribution in [-0.2, 0) is 14.3 Å². The van der Waals surface area contributed by atoms with Crippen LogP contribution in [0.25, 0.3) is 0 Å². The summed E-state index contributed by atoms with van der Waals surface area (Å²) in [4.78, 5) is 25.9. The molecule has 0 radical (unpaired) electrons. The highest BCUT2D eigenvalue weighted by molar-refractivity contribution is 6.30. The van der Waals surface area contributed by atoms with E-state index >= 15 is 0 Å². The van der Waals surface area contributed by atoms with Crippen LogP contribution in [0.2, 0.25) is 5.02 Å². The van der Waals surface area contributed by atoms with Crippen LogP contribution in [0.1, 0.15) is 0 Å². The van der Waals surface area contributed by atoms with Crippen LogP contribution in [0.3, 0.4) is 0 Å². The maximum Gasteiger partial charge on any atom is 0.328 e. The summed E-state index contributed by atoms with van der Waals surface area (Å²) in [7, 11) is 1.22. The second-order valence-corrected chi connectivity index (χ2v) is 3.94. The second-order valence-electron chi connectivity index (χ2n) is 3.50. The Hall–Kier alpha value is -2.14. The van der Waals surface area contributed by atoms with Crippen LogP contribution in [0.15, 0.2) is 41.4 Å². The van der Waals surface area contributed by atoms with E-state index in [-0.39, 0.29) is 0 Å². The molecule has 0 aliphatic carbocycles. The predicted octanol–water partition coefficient (Wildman–Crippen LogP) is 2.47. The fourth-order valence-electron chi connectivity index (χ4n) is 1.20. The molecule has 100 valence electrons. The van der Waals surface area contributed by atoms with Gasteiger partial charge in [-0.2, -0.15) is 0 Å². The molecule has 0 saturated heterocycles. The fraction of sp³-hybridized carbons (Fsp3) is 0.154. The van der Waals surface area contributed by atoms with Crippen molar-refractivity contribution >= 4 is 35.4 Å². The summed E-state index contributed by atoms with van der Waals surface area (Å²) in [5, 5.41) is 9.11. The number of nitrogens with zero attached hydrogens (tertiary/aromatic N) is 1. The molecular formula is C13H12ClNO4. The van der Waals surface area contributed by atoms with Crippen molar-refractivity contribution < 1.29 is 19.4 Å². The molecule has 19 heavy (non-hydrogen) atoms. The molecule has 0 aliphatic rings. The van der Waals surface area contributed by atoms with Crippen molar-refractivity contribution in [1.82, 2.24) is 0 Å². The van der Waals surface area contributed by atoms with Gasteiger partial charge in [-0.05, 0) is 24.3 Å². The van der Waals surface area contributed by atoms with Gasteiger partial charge in [0.2, 0.25) is 0 Å². The third-order valence-corrected chi connectivity index (χ3v) is 2.38. The van der Waals surface area contributed by atoms with Crippen molar-refractivity contribution in [1.29, 1.82) is 0 Å². The number of aliphatic imine (C=N–C) groups is 1. The maximum absolute atomic E-state index is 11.4. The minimum absolute atomic E-state index is 0.578. The summed E-state index contributed by atoms with van der Waals surface area (Å²) in [6, 6.07) is 6.67. The van der Waals surface area contributed by atoms with E-state index < -0.39 is 17.9 Å². The monoisotopic (exact) mass is 281 g/mol. The molecule has 0 fully saturated rings. The van der Waals surface area contributed by atoms with E-state index in [1.807, 2.05) is 0 Å². The number of hydrogen-bond donors (Lipinski definition) is 1.